The van der Waals surface area contributed by atoms with Gasteiger partial charge in [-0.05, 0) is 30.7 Å². The molecule has 2 heterocycles. The molecule has 0 spiro atoms. The van der Waals surface area contributed by atoms with E-state index >= 15 is 0 Å². The van der Waals surface area contributed by atoms with E-state index < -0.39 is 0 Å². The summed E-state index contributed by atoms with van der Waals surface area (Å²) in [5.41, 5.74) is 7.67. The molecule has 1 aromatic carbocycles. The summed E-state index contributed by atoms with van der Waals surface area (Å²) in [6.45, 7) is 1.95. The number of nitrogens with one attached hydrogen (secondary N) is 2. The van der Waals surface area contributed by atoms with E-state index in [4.69, 9.17) is 5.73 Å². The highest BCUT2D eigenvalue weighted by Gasteiger charge is 2.10. The Morgan fingerprint density at radius 3 is 2.39 bits per heavy atom. The minimum Gasteiger partial charge on any atom is -0.393 e. The molecule has 6 nitrogen and oxygen atoms in total. The second-order valence-electron chi connectivity index (χ2n) is 4.94. The number of nitrogen functional groups attached to an aromatic ring is 1. The number of pyridine rings is 1. The van der Waals surface area contributed by atoms with Crippen LogP contribution < -0.4 is 16.4 Å². The van der Waals surface area contributed by atoms with Crippen LogP contribution in [0.2, 0.25) is 0 Å². The molecular weight excluding hydrogens is 295 g/mol. The van der Waals surface area contributed by atoms with E-state index in [0.29, 0.717) is 17.5 Å². The summed E-state index contributed by atoms with van der Waals surface area (Å²) in [7, 11) is 0. The summed E-state index contributed by atoms with van der Waals surface area (Å²) >= 11 is 0. The lowest BCUT2D eigenvalue weighted by Crippen LogP contribution is -2.06. The van der Waals surface area contributed by atoms with Crippen molar-refractivity contribution in [1.82, 2.24) is 15.0 Å². The van der Waals surface area contributed by atoms with Crippen molar-refractivity contribution in [3.63, 3.8) is 0 Å². The number of hydrogen-bond donors (Lipinski definition) is 3. The van der Waals surface area contributed by atoms with Gasteiger partial charge in [-0.25, -0.2) is 19.3 Å². The van der Waals surface area contributed by atoms with E-state index in [1.807, 2.05) is 19.1 Å². The lowest BCUT2D eigenvalue weighted by Gasteiger charge is -2.12. The highest BCUT2D eigenvalue weighted by Crippen LogP contribution is 2.28. The van der Waals surface area contributed by atoms with Crippen LogP contribution in [0.1, 0.15) is 5.56 Å². The number of nitrogens with zero attached hydrogens (tertiary/aromatic N) is 3. The van der Waals surface area contributed by atoms with Gasteiger partial charge in [0.1, 0.15) is 23.6 Å². The topological polar surface area (TPSA) is 88.8 Å². The molecule has 0 bridgehead atoms. The summed E-state index contributed by atoms with van der Waals surface area (Å²) in [4.78, 5) is 12.4. The molecule has 3 rings (SSSR count). The Bertz CT molecular complexity index is 819. The molecule has 0 amide bonds. The molecule has 116 valence electrons. The van der Waals surface area contributed by atoms with Gasteiger partial charge in [0, 0.05) is 6.20 Å². The average molecular weight is 310 g/mol. The largest absolute Gasteiger partial charge is 0.393 e. The van der Waals surface area contributed by atoms with Crippen molar-refractivity contribution in [2.24, 2.45) is 0 Å². The predicted molar refractivity (Wildman–Crippen MR) is 88.4 cm³/mol. The zero-order valence-corrected chi connectivity index (χ0v) is 12.4. The lowest BCUT2D eigenvalue weighted by molar-refractivity contribution is 0.632. The van der Waals surface area contributed by atoms with Crippen LogP contribution in [0, 0.1) is 12.7 Å². The number of rotatable bonds is 4. The number of para-hydroxylation sites is 1. The standard InChI is InChI=1S/C16H15FN6/c1-10-6-7-13(19-8-10)23-16-14(18)15(20-9-21-16)22-12-5-3-2-4-11(12)17/h2-9H,18H2,1H3,(H2,19,20,21,22,23). The van der Waals surface area contributed by atoms with Crippen LogP contribution >= 0.6 is 0 Å². The maximum absolute atomic E-state index is 13.7. The van der Waals surface area contributed by atoms with E-state index in [1.165, 1.54) is 12.4 Å². The van der Waals surface area contributed by atoms with Crippen LogP contribution in [0.25, 0.3) is 0 Å². The molecule has 0 aliphatic heterocycles. The molecule has 4 N–H and O–H groups in total. The van der Waals surface area contributed by atoms with Gasteiger partial charge in [-0.2, -0.15) is 0 Å². The third-order valence-corrected chi connectivity index (χ3v) is 3.17. The summed E-state index contributed by atoms with van der Waals surface area (Å²) in [5, 5.41) is 5.88. The first-order chi connectivity index (χ1) is 11.1. The van der Waals surface area contributed by atoms with Gasteiger partial charge in [0.15, 0.2) is 11.6 Å². The number of benzene rings is 1. The molecule has 0 aliphatic rings. The Kier molecular flexibility index (Phi) is 4.01. The van der Waals surface area contributed by atoms with E-state index in [0.717, 1.165) is 5.56 Å². The Labute approximate surface area is 132 Å². The van der Waals surface area contributed by atoms with Crippen LogP contribution in [0.15, 0.2) is 48.9 Å². The maximum atomic E-state index is 13.7. The van der Waals surface area contributed by atoms with Crippen molar-refractivity contribution in [2.45, 2.75) is 6.92 Å². The molecule has 0 atom stereocenters. The van der Waals surface area contributed by atoms with Crippen LogP contribution in [-0.2, 0) is 0 Å². The summed E-state index contributed by atoms with van der Waals surface area (Å²) in [5.74, 6) is 0.938. The lowest BCUT2D eigenvalue weighted by atomic mass is 10.3. The number of aromatic nitrogens is 3. The molecular formula is C16H15FN6. The second-order valence-corrected chi connectivity index (χ2v) is 4.94. The molecule has 3 aromatic rings. The SMILES string of the molecule is Cc1ccc(Nc2ncnc(Nc3ccccc3F)c2N)nc1. The fourth-order valence-electron chi connectivity index (χ4n) is 1.95. The van der Waals surface area contributed by atoms with Crippen molar-refractivity contribution in [1.29, 1.82) is 0 Å². The number of hydrogen-bond acceptors (Lipinski definition) is 6. The van der Waals surface area contributed by atoms with Crippen molar-refractivity contribution < 1.29 is 4.39 Å². The van der Waals surface area contributed by atoms with Crippen LogP contribution in [0.5, 0.6) is 0 Å². The molecule has 0 radical (unpaired) electrons. The third-order valence-electron chi connectivity index (χ3n) is 3.17. The van der Waals surface area contributed by atoms with Crippen LogP contribution in [-0.4, -0.2) is 15.0 Å². The number of halogens is 1. The first-order valence-electron chi connectivity index (χ1n) is 6.95. The van der Waals surface area contributed by atoms with Gasteiger partial charge >= 0.3 is 0 Å². The minimum atomic E-state index is -0.389. The molecule has 0 saturated carbocycles. The van der Waals surface area contributed by atoms with E-state index in [9.17, 15) is 4.39 Å². The molecule has 0 unspecified atom stereocenters. The van der Waals surface area contributed by atoms with Gasteiger partial charge in [-0.3, -0.25) is 0 Å². The summed E-state index contributed by atoms with van der Waals surface area (Å²) in [6, 6.07) is 10.0. The molecule has 2 aromatic heterocycles. The Morgan fingerprint density at radius 1 is 0.957 bits per heavy atom. The van der Waals surface area contributed by atoms with Gasteiger partial charge in [0.25, 0.3) is 0 Å². The third kappa shape index (κ3) is 3.34. The van der Waals surface area contributed by atoms with Crippen LogP contribution in [0.4, 0.5) is 33.2 Å². The fraction of sp³-hybridized carbons (Fsp3) is 0.0625. The average Bonchev–Trinajstić information content (AvgIpc) is 2.55. The van der Waals surface area contributed by atoms with E-state index in [-0.39, 0.29) is 17.2 Å². The molecule has 0 aliphatic carbocycles. The van der Waals surface area contributed by atoms with Gasteiger partial charge in [0.2, 0.25) is 0 Å². The zero-order valence-electron chi connectivity index (χ0n) is 12.4. The molecule has 0 saturated heterocycles. The van der Waals surface area contributed by atoms with Gasteiger partial charge < -0.3 is 16.4 Å². The Hall–Kier alpha value is -3.22. The molecule has 7 heteroatoms. The van der Waals surface area contributed by atoms with Gasteiger partial charge in [-0.1, -0.05) is 18.2 Å². The first kappa shape index (κ1) is 14.7. The van der Waals surface area contributed by atoms with E-state index in [1.54, 1.807) is 24.4 Å². The Balaban J connectivity index is 1.86. The summed E-state index contributed by atoms with van der Waals surface area (Å²) in [6.07, 6.45) is 3.08. The fourth-order valence-corrected chi connectivity index (χ4v) is 1.95. The van der Waals surface area contributed by atoms with E-state index in [2.05, 4.69) is 25.6 Å². The Morgan fingerprint density at radius 2 is 1.70 bits per heavy atom. The number of nitrogens with two attached hydrogens (primary N) is 1. The highest BCUT2D eigenvalue weighted by atomic mass is 19.1. The second kappa shape index (κ2) is 6.27. The van der Waals surface area contributed by atoms with Crippen molar-refractivity contribution in [2.75, 3.05) is 16.4 Å². The van der Waals surface area contributed by atoms with Crippen molar-refractivity contribution in [3.8, 4) is 0 Å². The molecule has 23 heavy (non-hydrogen) atoms. The predicted octanol–water partition coefficient (Wildman–Crippen LogP) is 3.39. The smallest absolute Gasteiger partial charge is 0.160 e. The van der Waals surface area contributed by atoms with Crippen molar-refractivity contribution in [3.05, 3.63) is 60.3 Å². The monoisotopic (exact) mass is 310 g/mol. The number of anilines is 5. The first-order valence-corrected chi connectivity index (χ1v) is 6.95. The quantitative estimate of drug-likeness (QED) is 0.684. The van der Waals surface area contributed by atoms with Crippen molar-refractivity contribution >= 4 is 28.8 Å². The zero-order chi connectivity index (χ0) is 16.2. The highest BCUT2D eigenvalue weighted by molar-refractivity contribution is 5.79. The van der Waals surface area contributed by atoms with Crippen LogP contribution in [0.3, 0.4) is 0 Å². The summed E-state index contributed by atoms with van der Waals surface area (Å²) < 4.78 is 13.7. The van der Waals surface area contributed by atoms with Gasteiger partial charge in [0.05, 0.1) is 5.69 Å². The van der Waals surface area contributed by atoms with Gasteiger partial charge in [-0.15, -0.1) is 0 Å². The number of aryl methyl sites for hydroxylation is 1. The maximum Gasteiger partial charge on any atom is 0.160 e. The molecule has 0 fully saturated rings. The normalized spacial score (nSPS) is 10.3. The minimum absolute atomic E-state index is 0.276.